The van der Waals surface area contributed by atoms with Gasteiger partial charge in [0.15, 0.2) is 0 Å². The van der Waals surface area contributed by atoms with Crippen molar-refractivity contribution in [2.24, 2.45) is 0 Å². The molecule has 6 nitrogen and oxygen atoms in total. The molecule has 6 heteroatoms. The van der Waals surface area contributed by atoms with Gasteiger partial charge in [-0.15, -0.1) is 0 Å². The number of amides is 2. The zero-order valence-corrected chi connectivity index (χ0v) is 18.3. The fourth-order valence-electron chi connectivity index (χ4n) is 4.07. The fraction of sp³-hybridized carbons (Fsp3) is 0.280. The molecule has 1 saturated heterocycles. The molecule has 4 rings (SSSR count). The molecule has 1 aliphatic heterocycles. The highest BCUT2D eigenvalue weighted by Gasteiger charge is 2.46. The third kappa shape index (κ3) is 3.93. The minimum atomic E-state index is -0.758. The van der Waals surface area contributed by atoms with Gasteiger partial charge in [0, 0.05) is 25.5 Å². The molecule has 0 bridgehead atoms. The van der Waals surface area contributed by atoms with E-state index in [2.05, 4.69) is 5.32 Å². The maximum Gasteiger partial charge on any atom is 0.251 e. The molecule has 3 aromatic rings. The van der Waals surface area contributed by atoms with Crippen LogP contribution in [0.2, 0.25) is 0 Å². The van der Waals surface area contributed by atoms with Crippen LogP contribution >= 0.6 is 0 Å². The first kappa shape index (κ1) is 20.7. The summed E-state index contributed by atoms with van der Waals surface area (Å²) in [6.45, 7) is 3.92. The molecule has 1 aromatic heterocycles. The molecule has 1 N–H and O–H groups in total. The number of β-lactam (4-membered cyclic amide) rings is 1. The number of benzene rings is 2. The summed E-state index contributed by atoms with van der Waals surface area (Å²) in [7, 11) is 3.93. The van der Waals surface area contributed by atoms with E-state index in [0.717, 1.165) is 28.1 Å². The molecular formula is C25H27N3O3. The quantitative estimate of drug-likeness (QED) is 0.595. The first-order valence-corrected chi connectivity index (χ1v) is 10.4. The van der Waals surface area contributed by atoms with Gasteiger partial charge in [-0.3, -0.25) is 9.59 Å². The minimum Gasteiger partial charge on any atom is -0.467 e. The van der Waals surface area contributed by atoms with Crippen LogP contribution in [-0.2, 0) is 9.59 Å². The van der Waals surface area contributed by atoms with E-state index >= 15 is 0 Å². The SMILES string of the molecule is Cc1cccc(C)c1NC(=O)[C@@H](c1ccc(N(C)C)cc1)N1C(=O)C[C@H]1c1ccco1. The number of nitrogens with zero attached hydrogens (tertiary/aromatic N) is 2. The molecule has 31 heavy (non-hydrogen) atoms. The highest BCUT2D eigenvalue weighted by atomic mass is 16.3. The lowest BCUT2D eigenvalue weighted by Crippen LogP contribution is -2.51. The molecule has 0 aliphatic carbocycles. The Morgan fingerprint density at radius 3 is 2.29 bits per heavy atom. The first-order valence-electron chi connectivity index (χ1n) is 10.4. The van der Waals surface area contributed by atoms with Crippen molar-refractivity contribution < 1.29 is 14.0 Å². The molecule has 2 heterocycles. The van der Waals surface area contributed by atoms with Crippen molar-refractivity contribution in [2.45, 2.75) is 32.4 Å². The molecule has 1 fully saturated rings. The largest absolute Gasteiger partial charge is 0.467 e. The Hall–Kier alpha value is -3.54. The summed E-state index contributed by atoms with van der Waals surface area (Å²) in [5.41, 5.74) is 4.53. The van der Waals surface area contributed by atoms with E-state index in [1.807, 2.05) is 81.4 Å². The summed E-state index contributed by atoms with van der Waals surface area (Å²) >= 11 is 0. The highest BCUT2D eigenvalue weighted by Crippen LogP contribution is 2.42. The minimum absolute atomic E-state index is 0.0697. The molecule has 1 aliphatic rings. The van der Waals surface area contributed by atoms with Crippen LogP contribution in [0, 0.1) is 13.8 Å². The Morgan fingerprint density at radius 1 is 1.06 bits per heavy atom. The maximum atomic E-state index is 13.6. The second-order valence-corrected chi connectivity index (χ2v) is 8.18. The topological polar surface area (TPSA) is 65.8 Å². The number of aryl methyl sites for hydroxylation is 2. The number of nitrogens with one attached hydrogen (secondary N) is 1. The monoisotopic (exact) mass is 417 g/mol. The molecule has 2 aromatic carbocycles. The normalized spacial score (nSPS) is 16.6. The zero-order chi connectivity index (χ0) is 22.1. The molecule has 2 atom stereocenters. The predicted octanol–water partition coefficient (Wildman–Crippen LogP) is 4.62. The van der Waals surface area contributed by atoms with Crippen molar-refractivity contribution in [2.75, 3.05) is 24.3 Å². The lowest BCUT2D eigenvalue weighted by Gasteiger charge is -2.44. The number of likely N-dealkylation sites (tertiary alicyclic amines) is 1. The predicted molar refractivity (Wildman–Crippen MR) is 121 cm³/mol. The average Bonchev–Trinajstić information content (AvgIpc) is 3.27. The number of anilines is 2. The van der Waals surface area contributed by atoms with Crippen LogP contribution in [0.1, 0.15) is 41.0 Å². The second-order valence-electron chi connectivity index (χ2n) is 8.18. The summed E-state index contributed by atoms with van der Waals surface area (Å²) < 4.78 is 5.56. The van der Waals surface area contributed by atoms with E-state index < -0.39 is 6.04 Å². The number of para-hydroxylation sites is 1. The van der Waals surface area contributed by atoms with Crippen molar-refractivity contribution in [1.82, 2.24) is 4.90 Å². The van der Waals surface area contributed by atoms with E-state index in [9.17, 15) is 9.59 Å². The van der Waals surface area contributed by atoms with Crippen molar-refractivity contribution in [3.63, 3.8) is 0 Å². The van der Waals surface area contributed by atoms with Gasteiger partial charge in [0.25, 0.3) is 5.91 Å². The van der Waals surface area contributed by atoms with Crippen molar-refractivity contribution in [3.05, 3.63) is 83.3 Å². The standard InChI is InChI=1S/C25H27N3O3/c1-16-7-5-8-17(2)23(16)26-25(30)24(18-10-12-19(13-11-18)27(3)4)28-20(15-22(28)29)21-9-6-14-31-21/h5-14,20,24H,15H2,1-4H3,(H,26,30)/t20-,24+/m0/s1. The summed E-state index contributed by atoms with van der Waals surface area (Å²) in [6.07, 6.45) is 1.92. The van der Waals surface area contributed by atoms with E-state index in [4.69, 9.17) is 4.42 Å². The molecule has 0 saturated carbocycles. The van der Waals surface area contributed by atoms with Gasteiger partial charge < -0.3 is 19.5 Å². The smallest absolute Gasteiger partial charge is 0.251 e. The number of hydrogen-bond donors (Lipinski definition) is 1. The van der Waals surface area contributed by atoms with Gasteiger partial charge in [0.05, 0.1) is 18.7 Å². The highest BCUT2D eigenvalue weighted by molar-refractivity contribution is 6.00. The molecule has 0 unspecified atom stereocenters. The number of hydrogen-bond acceptors (Lipinski definition) is 4. The van der Waals surface area contributed by atoms with Crippen LogP contribution in [-0.4, -0.2) is 30.8 Å². The summed E-state index contributed by atoms with van der Waals surface area (Å²) in [4.78, 5) is 29.9. The molecule has 160 valence electrons. The number of carbonyl (C=O) groups is 2. The Balaban J connectivity index is 1.72. The van der Waals surface area contributed by atoms with Gasteiger partial charge in [0.2, 0.25) is 5.91 Å². The van der Waals surface area contributed by atoms with Crippen LogP contribution in [0.3, 0.4) is 0 Å². The van der Waals surface area contributed by atoms with Gasteiger partial charge in [-0.25, -0.2) is 0 Å². The molecular weight excluding hydrogens is 390 g/mol. The van der Waals surface area contributed by atoms with Gasteiger partial charge in [-0.1, -0.05) is 30.3 Å². The lowest BCUT2D eigenvalue weighted by atomic mass is 9.92. The van der Waals surface area contributed by atoms with Crippen LogP contribution < -0.4 is 10.2 Å². The Kier molecular flexibility index (Phi) is 5.55. The van der Waals surface area contributed by atoms with Crippen LogP contribution in [0.25, 0.3) is 0 Å². The van der Waals surface area contributed by atoms with Crippen molar-refractivity contribution in [1.29, 1.82) is 0 Å². The van der Waals surface area contributed by atoms with E-state index in [0.29, 0.717) is 12.2 Å². The Labute approximate surface area is 182 Å². The summed E-state index contributed by atoms with van der Waals surface area (Å²) in [5, 5.41) is 3.08. The van der Waals surface area contributed by atoms with Crippen molar-refractivity contribution >= 4 is 23.2 Å². The first-order chi connectivity index (χ1) is 14.9. The van der Waals surface area contributed by atoms with Gasteiger partial charge >= 0.3 is 0 Å². The van der Waals surface area contributed by atoms with E-state index in [1.165, 1.54) is 0 Å². The zero-order valence-electron chi connectivity index (χ0n) is 18.3. The molecule has 0 spiro atoms. The van der Waals surface area contributed by atoms with Crippen molar-refractivity contribution in [3.8, 4) is 0 Å². The second kappa shape index (κ2) is 8.30. The lowest BCUT2D eigenvalue weighted by molar-refractivity contribution is -0.155. The van der Waals surface area contributed by atoms with E-state index in [-0.39, 0.29) is 17.9 Å². The third-order valence-corrected chi connectivity index (χ3v) is 5.84. The van der Waals surface area contributed by atoms with E-state index in [1.54, 1.807) is 17.2 Å². The third-order valence-electron chi connectivity index (χ3n) is 5.84. The summed E-state index contributed by atoms with van der Waals surface area (Å²) in [5.74, 6) is 0.383. The average molecular weight is 418 g/mol. The van der Waals surface area contributed by atoms with Gasteiger partial charge in [-0.2, -0.15) is 0 Å². The Bertz CT molecular complexity index is 1070. The molecule has 2 amide bonds. The van der Waals surface area contributed by atoms with Gasteiger partial charge in [-0.05, 0) is 54.8 Å². The number of carbonyl (C=O) groups excluding carboxylic acids is 2. The Morgan fingerprint density at radius 2 is 1.74 bits per heavy atom. The number of rotatable bonds is 6. The maximum absolute atomic E-state index is 13.6. The van der Waals surface area contributed by atoms with Crippen LogP contribution in [0.15, 0.2) is 65.3 Å². The molecule has 0 radical (unpaired) electrons. The fourth-order valence-corrected chi connectivity index (χ4v) is 4.07. The number of furan rings is 1. The van der Waals surface area contributed by atoms with Gasteiger partial charge in [0.1, 0.15) is 11.8 Å². The van der Waals surface area contributed by atoms with Crippen LogP contribution in [0.4, 0.5) is 11.4 Å². The summed E-state index contributed by atoms with van der Waals surface area (Å²) in [6, 6.07) is 16.3. The van der Waals surface area contributed by atoms with Crippen LogP contribution in [0.5, 0.6) is 0 Å².